The molecule has 1 N–H and O–H groups in total. The van der Waals surface area contributed by atoms with Gasteiger partial charge in [-0.3, -0.25) is 0 Å². The predicted octanol–water partition coefficient (Wildman–Crippen LogP) is 1.83. The van der Waals surface area contributed by atoms with Crippen molar-refractivity contribution >= 4 is 12.0 Å². The maximum atomic E-state index is 4.10. The first-order chi connectivity index (χ1) is 6.79. The second-order valence-electron chi connectivity index (χ2n) is 3.23. The van der Waals surface area contributed by atoms with E-state index in [0.29, 0.717) is 6.67 Å². The van der Waals surface area contributed by atoms with Crippen LogP contribution in [0.15, 0.2) is 45.8 Å². The van der Waals surface area contributed by atoms with Crippen molar-refractivity contribution in [3.05, 3.63) is 30.3 Å². The van der Waals surface area contributed by atoms with Crippen LogP contribution in [0.1, 0.15) is 0 Å². The molecule has 2 rings (SSSR count). The van der Waals surface area contributed by atoms with E-state index in [1.165, 1.54) is 6.34 Å². The number of rotatable bonds is 3. The standard InChI is InChI=1S/C9H12N5/c1-14(12-7-11-13-14)8-10-9-5-3-2-4-6-9/h2-7,10H,8H2,1H3/q+1. The molecule has 0 amide bonds. The van der Waals surface area contributed by atoms with E-state index in [2.05, 4.69) is 20.8 Å². The van der Waals surface area contributed by atoms with Gasteiger partial charge in [0.15, 0.2) is 0 Å². The van der Waals surface area contributed by atoms with Crippen LogP contribution in [-0.4, -0.2) is 24.8 Å². The smallest absolute Gasteiger partial charge is 0.204 e. The molecule has 72 valence electrons. The number of hydrogen-bond donors (Lipinski definition) is 1. The van der Waals surface area contributed by atoms with Crippen molar-refractivity contribution in [1.29, 1.82) is 0 Å². The summed E-state index contributed by atoms with van der Waals surface area (Å²) in [5.41, 5.74) is 1.06. The van der Waals surface area contributed by atoms with Gasteiger partial charge in [-0.2, -0.15) is 0 Å². The van der Waals surface area contributed by atoms with E-state index in [1.807, 2.05) is 37.4 Å². The molecule has 0 aliphatic carbocycles. The van der Waals surface area contributed by atoms with E-state index in [-0.39, 0.29) is 4.70 Å². The Balaban J connectivity index is 1.95. The molecule has 0 saturated heterocycles. The molecule has 14 heavy (non-hydrogen) atoms. The third-order valence-corrected chi connectivity index (χ3v) is 1.95. The molecule has 0 radical (unpaired) electrons. The summed E-state index contributed by atoms with van der Waals surface area (Å²) in [7, 11) is 1.88. The van der Waals surface area contributed by atoms with Crippen LogP contribution >= 0.6 is 0 Å². The number of nitrogens with one attached hydrogen (secondary N) is 1. The summed E-state index contributed by atoms with van der Waals surface area (Å²) in [4.78, 5) is 0. The van der Waals surface area contributed by atoms with Gasteiger partial charge in [0.1, 0.15) is 7.05 Å². The van der Waals surface area contributed by atoms with Crippen molar-refractivity contribution in [2.45, 2.75) is 0 Å². The normalized spacial score (nSPS) is 24.1. The fraction of sp³-hybridized carbons (Fsp3) is 0.222. The molecule has 1 aliphatic heterocycles. The minimum Gasteiger partial charge on any atom is -0.335 e. The third kappa shape index (κ3) is 1.94. The minimum atomic E-state index is 0.203. The average Bonchev–Trinajstić information content (AvgIpc) is 2.65. The summed E-state index contributed by atoms with van der Waals surface area (Å²) in [5, 5.41) is 15.0. The van der Waals surface area contributed by atoms with Crippen molar-refractivity contribution in [1.82, 2.24) is 0 Å². The zero-order valence-electron chi connectivity index (χ0n) is 7.96. The maximum Gasteiger partial charge on any atom is 0.204 e. The summed E-state index contributed by atoms with van der Waals surface area (Å²) in [5.74, 6) is 0. The second kappa shape index (κ2) is 3.55. The largest absolute Gasteiger partial charge is 0.335 e. The fourth-order valence-corrected chi connectivity index (χ4v) is 1.16. The van der Waals surface area contributed by atoms with Gasteiger partial charge >= 0.3 is 0 Å². The number of nitrogens with zero attached hydrogens (tertiary/aromatic N) is 4. The Bertz CT molecular complexity index is 345. The summed E-state index contributed by atoms with van der Waals surface area (Å²) < 4.78 is 0.203. The minimum absolute atomic E-state index is 0.203. The van der Waals surface area contributed by atoms with Crippen molar-refractivity contribution in [3.8, 4) is 0 Å². The number of hydrogen-bond acceptors (Lipinski definition) is 4. The first-order valence-corrected chi connectivity index (χ1v) is 4.39. The highest BCUT2D eigenvalue weighted by Gasteiger charge is 2.23. The molecule has 0 bridgehead atoms. The Morgan fingerprint density at radius 2 is 2.07 bits per heavy atom. The summed E-state index contributed by atoms with van der Waals surface area (Å²) in [6.07, 6.45) is 1.46. The molecule has 0 fully saturated rings. The van der Waals surface area contributed by atoms with Gasteiger partial charge in [0.2, 0.25) is 13.0 Å². The van der Waals surface area contributed by atoms with E-state index in [9.17, 15) is 0 Å². The van der Waals surface area contributed by atoms with Gasteiger partial charge in [-0.15, -0.1) is 0 Å². The van der Waals surface area contributed by atoms with Crippen LogP contribution in [0.3, 0.4) is 0 Å². The highest BCUT2D eigenvalue weighted by Crippen LogP contribution is 2.12. The van der Waals surface area contributed by atoms with Gasteiger partial charge in [-0.1, -0.05) is 23.3 Å². The molecule has 1 atom stereocenters. The zero-order chi connectivity index (χ0) is 9.86. The first kappa shape index (κ1) is 8.83. The Hall–Kier alpha value is -1.75. The molecule has 1 aromatic carbocycles. The van der Waals surface area contributed by atoms with Crippen LogP contribution in [0.25, 0.3) is 0 Å². The Kier molecular flexibility index (Phi) is 2.24. The third-order valence-electron chi connectivity index (χ3n) is 1.95. The van der Waals surface area contributed by atoms with Crippen LogP contribution in [-0.2, 0) is 0 Å². The number of benzene rings is 1. The van der Waals surface area contributed by atoms with Gasteiger partial charge in [0.05, 0.1) is 5.22 Å². The molecule has 0 spiro atoms. The number of anilines is 1. The van der Waals surface area contributed by atoms with E-state index in [0.717, 1.165) is 5.69 Å². The van der Waals surface area contributed by atoms with E-state index < -0.39 is 0 Å². The summed E-state index contributed by atoms with van der Waals surface area (Å²) in [6.45, 7) is 0.601. The Morgan fingerprint density at radius 1 is 1.29 bits per heavy atom. The molecule has 1 aromatic rings. The molecular weight excluding hydrogens is 178 g/mol. The van der Waals surface area contributed by atoms with Crippen LogP contribution in [0.4, 0.5) is 5.69 Å². The summed E-state index contributed by atoms with van der Waals surface area (Å²) >= 11 is 0. The highest BCUT2D eigenvalue weighted by molar-refractivity contribution is 5.53. The predicted molar refractivity (Wildman–Crippen MR) is 54.5 cm³/mol. The molecule has 0 saturated carbocycles. The lowest BCUT2D eigenvalue weighted by Gasteiger charge is -2.16. The summed E-state index contributed by atoms with van der Waals surface area (Å²) in [6, 6.07) is 9.95. The maximum absolute atomic E-state index is 4.10. The Labute approximate surface area is 82.3 Å². The monoisotopic (exact) mass is 190 g/mol. The van der Waals surface area contributed by atoms with Crippen molar-refractivity contribution < 1.29 is 4.70 Å². The van der Waals surface area contributed by atoms with Crippen LogP contribution in [0.2, 0.25) is 0 Å². The lowest BCUT2D eigenvalue weighted by atomic mass is 10.3. The average molecular weight is 190 g/mol. The molecular formula is C9H12N5+. The zero-order valence-corrected chi connectivity index (χ0v) is 7.96. The second-order valence-corrected chi connectivity index (χ2v) is 3.23. The van der Waals surface area contributed by atoms with Gasteiger partial charge in [-0.05, 0) is 21.9 Å². The van der Waals surface area contributed by atoms with Gasteiger partial charge in [-0.25, -0.2) is 0 Å². The van der Waals surface area contributed by atoms with Crippen molar-refractivity contribution in [2.75, 3.05) is 19.0 Å². The first-order valence-electron chi connectivity index (χ1n) is 4.39. The SMILES string of the molecule is C[N+]1(CNc2ccccc2)N=CN=N1. The van der Waals surface area contributed by atoms with Gasteiger partial charge in [0, 0.05) is 5.69 Å². The van der Waals surface area contributed by atoms with Crippen molar-refractivity contribution in [2.24, 2.45) is 15.4 Å². The lowest BCUT2D eigenvalue weighted by Crippen LogP contribution is -2.35. The Morgan fingerprint density at radius 3 is 2.71 bits per heavy atom. The quantitative estimate of drug-likeness (QED) is 0.726. The van der Waals surface area contributed by atoms with Gasteiger partial charge < -0.3 is 5.32 Å². The number of quaternary nitrogens is 1. The van der Waals surface area contributed by atoms with Crippen molar-refractivity contribution in [3.63, 3.8) is 0 Å². The topological polar surface area (TPSA) is 49.1 Å². The molecule has 5 nitrogen and oxygen atoms in total. The van der Waals surface area contributed by atoms with E-state index in [1.54, 1.807) is 0 Å². The van der Waals surface area contributed by atoms with E-state index in [4.69, 9.17) is 0 Å². The fourth-order valence-electron chi connectivity index (χ4n) is 1.16. The molecule has 1 heterocycles. The molecule has 1 unspecified atom stereocenters. The number of para-hydroxylation sites is 1. The van der Waals surface area contributed by atoms with Crippen LogP contribution < -0.4 is 5.32 Å². The highest BCUT2D eigenvalue weighted by atomic mass is 15.9. The van der Waals surface area contributed by atoms with Gasteiger partial charge in [0.25, 0.3) is 0 Å². The molecule has 5 heteroatoms. The van der Waals surface area contributed by atoms with Crippen LogP contribution in [0, 0.1) is 0 Å². The molecule has 1 aliphatic rings. The molecule has 0 aromatic heterocycles. The van der Waals surface area contributed by atoms with E-state index >= 15 is 0 Å². The lowest BCUT2D eigenvalue weighted by molar-refractivity contribution is -0.920. The van der Waals surface area contributed by atoms with Crippen LogP contribution in [0.5, 0.6) is 0 Å².